The van der Waals surface area contributed by atoms with Gasteiger partial charge >= 0.3 is 0 Å². The fourth-order valence-electron chi connectivity index (χ4n) is 0.511. The van der Waals surface area contributed by atoms with Crippen LogP contribution in [0.15, 0.2) is 4.99 Å². The zero-order chi connectivity index (χ0) is 5.98. The van der Waals surface area contributed by atoms with Crippen LogP contribution in [0.1, 0.15) is 0 Å². The molecule has 2 unspecified atom stereocenters. The highest BCUT2D eigenvalue weighted by Crippen LogP contribution is 2.07. The highest BCUT2D eigenvalue weighted by molar-refractivity contribution is 6.21. The Kier molecular flexibility index (Phi) is 1.68. The molecule has 1 rings (SSSR count). The summed E-state index contributed by atoms with van der Waals surface area (Å²) in [6, 6.07) is -0.309. The van der Waals surface area contributed by atoms with E-state index in [2.05, 4.69) is 10.3 Å². The number of aliphatic imine (C=N–C) groups is 1. The Balaban J connectivity index is 2.38. The molecule has 0 amide bonds. The summed E-state index contributed by atoms with van der Waals surface area (Å²) >= 11 is 5.48. The molecule has 1 heterocycles. The van der Waals surface area contributed by atoms with Gasteiger partial charge in [-0.25, -0.2) is 4.39 Å². The molecule has 0 aromatic carbocycles. The Bertz CT molecular complexity index is 106. The van der Waals surface area contributed by atoms with Gasteiger partial charge in [0.25, 0.3) is 0 Å². The van der Waals surface area contributed by atoms with Crippen LogP contribution in [0.2, 0.25) is 0 Å². The van der Waals surface area contributed by atoms with Crippen molar-refractivity contribution in [1.29, 1.82) is 0 Å². The minimum Gasteiger partial charge on any atom is -0.368 e. The molecule has 0 fully saturated rings. The van der Waals surface area contributed by atoms with Crippen molar-refractivity contribution in [1.82, 2.24) is 5.32 Å². The molecule has 0 aromatic heterocycles. The molecule has 4 heteroatoms. The molecule has 0 spiro atoms. The summed E-state index contributed by atoms with van der Waals surface area (Å²) < 4.78 is 11.7. The largest absolute Gasteiger partial charge is 0.368 e. The first-order chi connectivity index (χ1) is 3.84. The van der Waals surface area contributed by atoms with Gasteiger partial charge < -0.3 is 5.32 Å². The first-order valence-electron chi connectivity index (χ1n) is 2.32. The second-order valence-electron chi connectivity index (χ2n) is 1.58. The number of halogens is 2. The summed E-state index contributed by atoms with van der Waals surface area (Å²) in [4.78, 5) is 3.68. The van der Waals surface area contributed by atoms with Crippen molar-refractivity contribution < 1.29 is 4.39 Å². The maximum absolute atomic E-state index is 11.7. The molecule has 0 saturated carbocycles. The van der Waals surface area contributed by atoms with Crippen molar-refractivity contribution in [3.63, 3.8) is 0 Å². The van der Waals surface area contributed by atoms with Gasteiger partial charge in [-0.15, -0.1) is 0 Å². The monoisotopic (exact) mass is 136 g/mol. The number of alkyl halides is 2. The maximum atomic E-state index is 11.7. The van der Waals surface area contributed by atoms with Crippen LogP contribution in [0.25, 0.3) is 0 Å². The van der Waals surface area contributed by atoms with Gasteiger partial charge in [-0.1, -0.05) is 11.6 Å². The van der Waals surface area contributed by atoms with Gasteiger partial charge in [0.15, 0.2) is 0 Å². The fraction of sp³-hybridized carbons (Fsp3) is 0.750. The van der Waals surface area contributed by atoms with Crippen LogP contribution in [0.5, 0.6) is 0 Å². The van der Waals surface area contributed by atoms with E-state index in [1.807, 2.05) is 0 Å². The minimum atomic E-state index is -0.464. The highest BCUT2D eigenvalue weighted by atomic mass is 35.5. The average Bonchev–Trinajstić information content (AvgIpc) is 2.14. The van der Waals surface area contributed by atoms with E-state index in [-0.39, 0.29) is 6.04 Å². The second kappa shape index (κ2) is 2.31. The van der Waals surface area contributed by atoms with Crippen LogP contribution in [0.4, 0.5) is 4.39 Å². The molecule has 8 heavy (non-hydrogen) atoms. The van der Waals surface area contributed by atoms with Crippen LogP contribution < -0.4 is 5.32 Å². The lowest BCUT2D eigenvalue weighted by Crippen LogP contribution is -2.30. The summed E-state index contributed by atoms with van der Waals surface area (Å²) in [6.45, 7) is -0.464. The summed E-state index contributed by atoms with van der Waals surface area (Å²) in [5.74, 6) is 0. The maximum Gasteiger partial charge on any atom is 0.148 e. The van der Waals surface area contributed by atoms with Crippen molar-refractivity contribution in [3.05, 3.63) is 0 Å². The third kappa shape index (κ3) is 0.916. The predicted octanol–water partition coefficient (Wildman–Crippen LogP) is 0.521. The molecule has 1 aliphatic rings. The molecule has 0 saturated heterocycles. The number of nitrogens with zero attached hydrogens (tertiary/aromatic N) is 1. The van der Waals surface area contributed by atoms with E-state index in [0.717, 1.165) is 0 Å². The summed E-state index contributed by atoms with van der Waals surface area (Å²) in [5, 5.41) is 2.66. The minimum absolute atomic E-state index is 0.309. The van der Waals surface area contributed by atoms with Crippen molar-refractivity contribution in [3.8, 4) is 0 Å². The standard InChI is InChI=1S/C4H6ClFN2/c5-4-3(1-6)7-2-8-4/h2-4H,1H2,(H,7,8). The second-order valence-corrected chi connectivity index (χ2v) is 2.03. The van der Waals surface area contributed by atoms with Gasteiger partial charge in [0.2, 0.25) is 0 Å². The van der Waals surface area contributed by atoms with E-state index >= 15 is 0 Å². The molecule has 1 aliphatic heterocycles. The van der Waals surface area contributed by atoms with E-state index in [1.54, 1.807) is 0 Å². The Morgan fingerprint density at radius 2 is 2.62 bits per heavy atom. The quantitative estimate of drug-likeness (QED) is 0.413. The number of hydrogen-bond donors (Lipinski definition) is 1. The van der Waals surface area contributed by atoms with E-state index in [0.29, 0.717) is 0 Å². The van der Waals surface area contributed by atoms with Crippen LogP contribution in [-0.4, -0.2) is 24.6 Å². The van der Waals surface area contributed by atoms with Gasteiger partial charge in [0.05, 0.1) is 12.4 Å². The van der Waals surface area contributed by atoms with Gasteiger partial charge in [0.1, 0.15) is 12.2 Å². The predicted molar refractivity (Wildman–Crippen MR) is 31.0 cm³/mol. The third-order valence-corrected chi connectivity index (χ3v) is 1.42. The van der Waals surface area contributed by atoms with Gasteiger partial charge in [0, 0.05) is 0 Å². The molecule has 0 radical (unpaired) electrons. The summed E-state index contributed by atoms with van der Waals surface area (Å²) in [6.07, 6.45) is 1.43. The molecule has 2 nitrogen and oxygen atoms in total. The van der Waals surface area contributed by atoms with E-state index in [1.165, 1.54) is 6.34 Å². The van der Waals surface area contributed by atoms with Gasteiger partial charge in [-0.05, 0) is 0 Å². The number of rotatable bonds is 1. The first kappa shape index (κ1) is 5.82. The molecule has 46 valence electrons. The topological polar surface area (TPSA) is 24.4 Å². The lowest BCUT2D eigenvalue weighted by molar-refractivity contribution is 0.413. The van der Waals surface area contributed by atoms with Crippen molar-refractivity contribution in [2.24, 2.45) is 4.99 Å². The fourth-order valence-corrected chi connectivity index (χ4v) is 0.708. The van der Waals surface area contributed by atoms with E-state index in [4.69, 9.17) is 11.6 Å². The lowest BCUT2D eigenvalue weighted by Gasteiger charge is -2.05. The SMILES string of the molecule is FCC1NC=NC1Cl. The molecule has 0 aromatic rings. The number of hydrogen-bond acceptors (Lipinski definition) is 2. The van der Waals surface area contributed by atoms with Crippen molar-refractivity contribution in [2.45, 2.75) is 11.5 Å². The van der Waals surface area contributed by atoms with Crippen LogP contribution in [0.3, 0.4) is 0 Å². The van der Waals surface area contributed by atoms with Gasteiger partial charge in [-0.2, -0.15) is 0 Å². The van der Waals surface area contributed by atoms with Crippen molar-refractivity contribution >= 4 is 17.9 Å². The zero-order valence-corrected chi connectivity index (χ0v) is 4.90. The smallest absolute Gasteiger partial charge is 0.148 e. The summed E-state index contributed by atoms with van der Waals surface area (Å²) in [7, 11) is 0. The Hall–Kier alpha value is -0.310. The average molecular weight is 137 g/mol. The Morgan fingerprint density at radius 3 is 2.88 bits per heavy atom. The molecular formula is C4H6ClFN2. The normalized spacial score (nSPS) is 35.2. The van der Waals surface area contributed by atoms with Crippen LogP contribution in [-0.2, 0) is 0 Å². The van der Waals surface area contributed by atoms with Gasteiger partial charge in [-0.3, -0.25) is 4.99 Å². The highest BCUT2D eigenvalue weighted by Gasteiger charge is 2.20. The third-order valence-electron chi connectivity index (χ3n) is 1.00. The number of nitrogens with one attached hydrogen (secondary N) is 1. The molecule has 2 atom stereocenters. The van der Waals surface area contributed by atoms with Crippen molar-refractivity contribution in [2.75, 3.05) is 6.67 Å². The molecule has 1 N–H and O–H groups in total. The zero-order valence-electron chi connectivity index (χ0n) is 4.14. The van der Waals surface area contributed by atoms with E-state index in [9.17, 15) is 4.39 Å². The lowest BCUT2D eigenvalue weighted by atomic mass is 10.3. The molecular weight excluding hydrogens is 131 g/mol. The first-order valence-corrected chi connectivity index (χ1v) is 2.76. The summed E-state index contributed by atoms with van der Waals surface area (Å²) in [5.41, 5.74) is -0.417. The van der Waals surface area contributed by atoms with Crippen LogP contribution >= 0.6 is 11.6 Å². The molecule has 0 bridgehead atoms. The Morgan fingerprint density at radius 1 is 1.88 bits per heavy atom. The molecule has 0 aliphatic carbocycles. The van der Waals surface area contributed by atoms with Crippen LogP contribution in [0, 0.1) is 0 Å². The van der Waals surface area contributed by atoms with E-state index < -0.39 is 12.2 Å². The Labute approximate surface area is 51.7 Å².